The van der Waals surface area contributed by atoms with Crippen molar-refractivity contribution in [2.75, 3.05) is 44.2 Å². The Kier molecular flexibility index (Phi) is 5.83. The SMILES string of the molecule is O=C(NCCCN1CCN(c2cccc3ccccc23)CC1)c1ccncc1. The number of nitrogens with zero attached hydrogens (tertiary/aromatic N) is 3. The maximum absolute atomic E-state index is 12.0. The Labute approximate surface area is 166 Å². The third-order valence-electron chi connectivity index (χ3n) is 5.36. The normalized spacial score (nSPS) is 14.9. The third-order valence-corrected chi connectivity index (χ3v) is 5.36. The average molecular weight is 374 g/mol. The van der Waals surface area contributed by atoms with E-state index in [0.29, 0.717) is 12.1 Å². The number of carbonyl (C=O) groups excluding carboxylic acids is 1. The minimum absolute atomic E-state index is 0.0248. The van der Waals surface area contributed by atoms with Crippen LogP contribution in [0.2, 0.25) is 0 Å². The van der Waals surface area contributed by atoms with Gasteiger partial charge in [0.15, 0.2) is 0 Å². The molecule has 3 aromatic rings. The Morgan fingerprint density at radius 2 is 1.68 bits per heavy atom. The quantitative estimate of drug-likeness (QED) is 0.674. The van der Waals surface area contributed by atoms with E-state index in [1.807, 2.05) is 0 Å². The molecule has 0 bridgehead atoms. The molecule has 28 heavy (non-hydrogen) atoms. The summed E-state index contributed by atoms with van der Waals surface area (Å²) in [6.07, 6.45) is 4.25. The highest BCUT2D eigenvalue weighted by Gasteiger charge is 2.18. The van der Waals surface area contributed by atoms with Crippen molar-refractivity contribution in [2.45, 2.75) is 6.42 Å². The smallest absolute Gasteiger partial charge is 0.251 e. The van der Waals surface area contributed by atoms with Crippen LogP contribution in [0.15, 0.2) is 67.0 Å². The Bertz CT molecular complexity index is 915. The zero-order valence-corrected chi connectivity index (χ0v) is 16.1. The van der Waals surface area contributed by atoms with E-state index in [4.69, 9.17) is 0 Å². The second-order valence-electron chi connectivity index (χ2n) is 7.17. The number of fused-ring (bicyclic) bond motifs is 1. The number of rotatable bonds is 6. The molecule has 0 saturated carbocycles. The molecule has 5 heteroatoms. The topological polar surface area (TPSA) is 48.5 Å². The van der Waals surface area contributed by atoms with Gasteiger partial charge < -0.3 is 10.2 Å². The third kappa shape index (κ3) is 4.31. The summed E-state index contributed by atoms with van der Waals surface area (Å²) in [6, 6.07) is 18.6. The van der Waals surface area contributed by atoms with Gasteiger partial charge in [0.25, 0.3) is 5.91 Å². The number of benzene rings is 2. The fourth-order valence-corrected chi connectivity index (χ4v) is 3.81. The fraction of sp³-hybridized carbons (Fsp3) is 0.304. The van der Waals surface area contributed by atoms with E-state index in [2.05, 4.69) is 62.6 Å². The Morgan fingerprint density at radius 1 is 0.929 bits per heavy atom. The van der Waals surface area contributed by atoms with E-state index in [-0.39, 0.29) is 5.91 Å². The van der Waals surface area contributed by atoms with Crippen molar-refractivity contribution in [3.8, 4) is 0 Å². The molecule has 0 spiro atoms. The summed E-state index contributed by atoms with van der Waals surface area (Å²) in [7, 11) is 0. The summed E-state index contributed by atoms with van der Waals surface area (Å²) in [4.78, 5) is 21.0. The summed E-state index contributed by atoms with van der Waals surface area (Å²) < 4.78 is 0. The molecule has 4 rings (SSSR count). The summed E-state index contributed by atoms with van der Waals surface area (Å²) >= 11 is 0. The average Bonchev–Trinajstić information content (AvgIpc) is 2.77. The van der Waals surface area contributed by atoms with Crippen LogP contribution in [0.25, 0.3) is 10.8 Å². The van der Waals surface area contributed by atoms with Crippen molar-refractivity contribution in [1.82, 2.24) is 15.2 Å². The van der Waals surface area contributed by atoms with Gasteiger partial charge >= 0.3 is 0 Å². The Morgan fingerprint density at radius 3 is 2.50 bits per heavy atom. The van der Waals surface area contributed by atoms with E-state index in [9.17, 15) is 4.79 Å². The molecule has 1 N–H and O–H groups in total. The van der Waals surface area contributed by atoms with Gasteiger partial charge in [-0.2, -0.15) is 0 Å². The van der Waals surface area contributed by atoms with Crippen molar-refractivity contribution in [2.24, 2.45) is 0 Å². The Hall–Kier alpha value is -2.92. The van der Waals surface area contributed by atoms with Crippen LogP contribution in [-0.4, -0.2) is 55.1 Å². The number of amides is 1. The molecule has 2 heterocycles. The summed E-state index contributed by atoms with van der Waals surface area (Å²) in [6.45, 7) is 5.91. The second-order valence-corrected chi connectivity index (χ2v) is 7.17. The van der Waals surface area contributed by atoms with Gasteiger partial charge in [0.05, 0.1) is 0 Å². The van der Waals surface area contributed by atoms with Gasteiger partial charge in [-0.05, 0) is 36.6 Å². The lowest BCUT2D eigenvalue weighted by molar-refractivity contribution is 0.0951. The predicted octanol–water partition coefficient (Wildman–Crippen LogP) is 3.18. The van der Waals surface area contributed by atoms with E-state index in [1.165, 1.54) is 16.5 Å². The summed E-state index contributed by atoms with van der Waals surface area (Å²) in [5, 5.41) is 5.62. The van der Waals surface area contributed by atoms with Crippen molar-refractivity contribution >= 4 is 22.4 Å². The van der Waals surface area contributed by atoms with Gasteiger partial charge in [-0.15, -0.1) is 0 Å². The van der Waals surface area contributed by atoms with E-state index in [1.54, 1.807) is 24.5 Å². The van der Waals surface area contributed by atoms with Crippen LogP contribution in [-0.2, 0) is 0 Å². The molecule has 5 nitrogen and oxygen atoms in total. The van der Waals surface area contributed by atoms with Crippen LogP contribution in [0.3, 0.4) is 0 Å². The van der Waals surface area contributed by atoms with Gasteiger partial charge in [-0.3, -0.25) is 14.7 Å². The molecular weight excluding hydrogens is 348 g/mol. The van der Waals surface area contributed by atoms with Crippen LogP contribution in [0.5, 0.6) is 0 Å². The summed E-state index contributed by atoms with van der Waals surface area (Å²) in [5.74, 6) is -0.0248. The largest absolute Gasteiger partial charge is 0.368 e. The van der Waals surface area contributed by atoms with Gasteiger partial charge in [0.1, 0.15) is 0 Å². The molecule has 0 aliphatic carbocycles. The minimum Gasteiger partial charge on any atom is -0.368 e. The van der Waals surface area contributed by atoms with E-state index in [0.717, 1.165) is 39.1 Å². The van der Waals surface area contributed by atoms with Crippen LogP contribution in [0.4, 0.5) is 5.69 Å². The van der Waals surface area contributed by atoms with E-state index < -0.39 is 0 Å². The first-order valence-electron chi connectivity index (χ1n) is 9.94. The lowest BCUT2D eigenvalue weighted by Crippen LogP contribution is -2.47. The van der Waals surface area contributed by atoms with Crippen LogP contribution in [0.1, 0.15) is 16.8 Å². The van der Waals surface area contributed by atoms with Gasteiger partial charge in [0.2, 0.25) is 0 Å². The van der Waals surface area contributed by atoms with Crippen LogP contribution < -0.4 is 10.2 Å². The zero-order valence-electron chi connectivity index (χ0n) is 16.1. The highest BCUT2D eigenvalue weighted by molar-refractivity contribution is 5.94. The fourth-order valence-electron chi connectivity index (χ4n) is 3.81. The maximum atomic E-state index is 12.0. The molecule has 1 saturated heterocycles. The molecule has 1 aromatic heterocycles. The molecule has 1 fully saturated rings. The number of piperazine rings is 1. The number of aromatic nitrogens is 1. The first-order chi connectivity index (χ1) is 13.8. The molecule has 0 atom stereocenters. The number of hydrogen-bond donors (Lipinski definition) is 1. The number of nitrogens with one attached hydrogen (secondary N) is 1. The predicted molar refractivity (Wildman–Crippen MR) is 114 cm³/mol. The summed E-state index contributed by atoms with van der Waals surface area (Å²) in [5.41, 5.74) is 2.00. The second kappa shape index (κ2) is 8.85. The standard InChI is InChI=1S/C23H26N4O/c28-23(20-9-12-24-13-10-20)25-11-4-14-26-15-17-27(18-16-26)22-8-3-6-19-5-1-2-7-21(19)22/h1-3,5-10,12-13H,4,11,14-18H2,(H,25,28). The lowest BCUT2D eigenvalue weighted by Gasteiger charge is -2.36. The highest BCUT2D eigenvalue weighted by Crippen LogP contribution is 2.27. The molecule has 144 valence electrons. The van der Waals surface area contributed by atoms with Crippen LogP contribution >= 0.6 is 0 Å². The highest BCUT2D eigenvalue weighted by atomic mass is 16.1. The molecule has 0 unspecified atom stereocenters. The number of carbonyl (C=O) groups is 1. The number of pyridine rings is 1. The van der Waals surface area contributed by atoms with Crippen molar-refractivity contribution in [3.05, 3.63) is 72.6 Å². The Balaban J connectivity index is 1.23. The first-order valence-corrected chi connectivity index (χ1v) is 9.94. The molecular formula is C23H26N4O. The monoisotopic (exact) mass is 374 g/mol. The molecule has 0 radical (unpaired) electrons. The first kappa shape index (κ1) is 18.4. The van der Waals surface area contributed by atoms with Gasteiger partial charge in [-0.1, -0.05) is 36.4 Å². The molecule has 2 aromatic carbocycles. The molecule has 1 aliphatic rings. The minimum atomic E-state index is -0.0248. The molecule has 1 amide bonds. The maximum Gasteiger partial charge on any atom is 0.251 e. The van der Waals surface area contributed by atoms with Gasteiger partial charge in [0, 0.05) is 61.8 Å². The lowest BCUT2D eigenvalue weighted by atomic mass is 10.1. The molecule has 1 aliphatic heterocycles. The number of anilines is 1. The van der Waals surface area contributed by atoms with Crippen molar-refractivity contribution in [3.63, 3.8) is 0 Å². The number of hydrogen-bond acceptors (Lipinski definition) is 4. The van der Waals surface area contributed by atoms with Crippen molar-refractivity contribution < 1.29 is 4.79 Å². The van der Waals surface area contributed by atoms with Gasteiger partial charge in [-0.25, -0.2) is 0 Å². The van der Waals surface area contributed by atoms with Crippen molar-refractivity contribution in [1.29, 1.82) is 0 Å². The van der Waals surface area contributed by atoms with E-state index >= 15 is 0 Å². The van der Waals surface area contributed by atoms with Crippen LogP contribution in [0, 0.1) is 0 Å². The zero-order chi connectivity index (χ0) is 19.2.